The second kappa shape index (κ2) is 5.79. The molecule has 0 saturated heterocycles. The van der Waals surface area contributed by atoms with E-state index in [1.165, 1.54) is 4.90 Å². The van der Waals surface area contributed by atoms with Gasteiger partial charge >= 0.3 is 5.97 Å². The number of carbonyl (C=O) groups is 2. The molecule has 1 atom stereocenters. The zero-order valence-corrected chi connectivity index (χ0v) is 12.5. The number of para-hydroxylation sites is 2. The molecule has 1 aromatic carbocycles. The summed E-state index contributed by atoms with van der Waals surface area (Å²) in [5.41, 5.74) is 1.82. The van der Waals surface area contributed by atoms with Crippen molar-refractivity contribution in [3.63, 3.8) is 0 Å². The summed E-state index contributed by atoms with van der Waals surface area (Å²) in [7, 11) is 0. The second-order valence-corrected chi connectivity index (χ2v) is 5.75. The van der Waals surface area contributed by atoms with E-state index >= 15 is 0 Å². The number of aliphatic carboxylic acids is 1. The normalized spacial score (nSPS) is 15.7. The molecule has 3 rings (SSSR count). The maximum absolute atomic E-state index is 12.4. The summed E-state index contributed by atoms with van der Waals surface area (Å²) in [6.07, 6.45) is 2.55. The summed E-state index contributed by atoms with van der Waals surface area (Å²) in [5.74, 6) is -0.310. The summed E-state index contributed by atoms with van der Waals surface area (Å²) in [6, 6.07) is 7.03. The average molecular weight is 301 g/mol. The Hall–Kier alpha value is -2.37. The van der Waals surface area contributed by atoms with Crippen molar-refractivity contribution in [3.05, 3.63) is 30.1 Å². The third-order valence-corrected chi connectivity index (χ3v) is 4.02. The zero-order valence-electron chi connectivity index (χ0n) is 12.5. The number of carboxylic acid groups (broad SMARTS) is 1. The van der Waals surface area contributed by atoms with E-state index in [-0.39, 0.29) is 18.4 Å². The van der Waals surface area contributed by atoms with Crippen LogP contribution in [0.15, 0.2) is 24.3 Å². The van der Waals surface area contributed by atoms with Gasteiger partial charge in [-0.3, -0.25) is 4.79 Å². The number of benzene rings is 1. The highest BCUT2D eigenvalue weighted by Gasteiger charge is 2.37. The minimum atomic E-state index is -0.955. The number of aryl methyl sites for hydroxylation is 1. The van der Waals surface area contributed by atoms with Gasteiger partial charge in [-0.2, -0.15) is 0 Å². The van der Waals surface area contributed by atoms with Crippen molar-refractivity contribution in [2.24, 2.45) is 0 Å². The molecule has 0 bridgehead atoms. The number of H-pyrrole nitrogens is 1. The number of hydrogen-bond donors (Lipinski definition) is 2. The van der Waals surface area contributed by atoms with E-state index in [2.05, 4.69) is 9.97 Å². The fraction of sp³-hybridized carbons (Fsp3) is 0.438. The largest absolute Gasteiger partial charge is 0.480 e. The standard InChI is InChI=1S/C16H19N3O3/c1-10(16(21)22)19(11-6-7-11)15(20)9-8-14-17-12-4-2-3-5-13(12)18-14/h2-5,10-11H,6-9H2,1H3,(H,17,18)(H,21,22). The Morgan fingerprint density at radius 2 is 2.14 bits per heavy atom. The molecule has 1 aromatic heterocycles. The van der Waals surface area contributed by atoms with Crippen molar-refractivity contribution < 1.29 is 14.7 Å². The van der Waals surface area contributed by atoms with Gasteiger partial charge in [0.15, 0.2) is 0 Å². The van der Waals surface area contributed by atoms with Crippen LogP contribution in [0.1, 0.15) is 32.0 Å². The van der Waals surface area contributed by atoms with E-state index < -0.39 is 12.0 Å². The number of imidazole rings is 1. The first-order valence-corrected chi connectivity index (χ1v) is 7.54. The summed E-state index contributed by atoms with van der Waals surface area (Å²) in [4.78, 5) is 32.7. The van der Waals surface area contributed by atoms with Crippen LogP contribution in [-0.4, -0.2) is 43.9 Å². The minimum absolute atomic E-state index is 0.0919. The zero-order chi connectivity index (χ0) is 15.7. The fourth-order valence-electron chi connectivity index (χ4n) is 2.69. The molecule has 116 valence electrons. The molecular formula is C16H19N3O3. The smallest absolute Gasteiger partial charge is 0.326 e. The Morgan fingerprint density at radius 1 is 1.41 bits per heavy atom. The van der Waals surface area contributed by atoms with Crippen molar-refractivity contribution in [2.75, 3.05) is 0 Å². The Balaban J connectivity index is 1.66. The molecule has 22 heavy (non-hydrogen) atoms. The highest BCUT2D eigenvalue weighted by Crippen LogP contribution is 2.29. The number of nitrogens with one attached hydrogen (secondary N) is 1. The molecule has 1 aliphatic carbocycles. The number of nitrogens with zero attached hydrogens (tertiary/aromatic N) is 2. The number of rotatable bonds is 6. The van der Waals surface area contributed by atoms with Gasteiger partial charge in [0.25, 0.3) is 0 Å². The number of amides is 1. The lowest BCUT2D eigenvalue weighted by molar-refractivity contribution is -0.150. The Bertz CT molecular complexity index is 672. The topological polar surface area (TPSA) is 86.3 Å². The lowest BCUT2D eigenvalue weighted by Gasteiger charge is -2.26. The van der Waals surface area contributed by atoms with Gasteiger partial charge in [-0.25, -0.2) is 9.78 Å². The van der Waals surface area contributed by atoms with E-state index in [0.29, 0.717) is 6.42 Å². The van der Waals surface area contributed by atoms with E-state index in [1.54, 1.807) is 6.92 Å². The highest BCUT2D eigenvalue weighted by atomic mass is 16.4. The quantitative estimate of drug-likeness (QED) is 0.854. The van der Waals surface area contributed by atoms with E-state index in [4.69, 9.17) is 5.11 Å². The predicted octanol–water partition coefficient (Wildman–Crippen LogP) is 1.96. The summed E-state index contributed by atoms with van der Waals surface area (Å²) < 4.78 is 0. The number of aromatic amines is 1. The van der Waals surface area contributed by atoms with Gasteiger partial charge in [0.1, 0.15) is 11.9 Å². The van der Waals surface area contributed by atoms with Crippen molar-refractivity contribution in [1.29, 1.82) is 0 Å². The predicted molar refractivity (Wildman–Crippen MR) is 81.4 cm³/mol. The van der Waals surface area contributed by atoms with Gasteiger partial charge in [-0.05, 0) is 31.9 Å². The van der Waals surface area contributed by atoms with Crippen molar-refractivity contribution in [3.8, 4) is 0 Å². The number of hydrogen-bond acceptors (Lipinski definition) is 3. The molecule has 2 aromatic rings. The van der Waals surface area contributed by atoms with Gasteiger partial charge in [-0.15, -0.1) is 0 Å². The SMILES string of the molecule is CC(C(=O)O)N(C(=O)CCc1nc2ccccc2[nH]1)C1CC1. The van der Waals surface area contributed by atoms with E-state index in [0.717, 1.165) is 29.7 Å². The number of carboxylic acids is 1. The van der Waals surface area contributed by atoms with Crippen LogP contribution < -0.4 is 0 Å². The van der Waals surface area contributed by atoms with Gasteiger partial charge in [-0.1, -0.05) is 12.1 Å². The van der Waals surface area contributed by atoms with Crippen LogP contribution in [0.3, 0.4) is 0 Å². The van der Waals surface area contributed by atoms with Crippen molar-refractivity contribution in [2.45, 2.75) is 44.7 Å². The van der Waals surface area contributed by atoms with Crippen LogP contribution in [-0.2, 0) is 16.0 Å². The molecule has 1 amide bonds. The summed E-state index contributed by atoms with van der Waals surface area (Å²) in [5, 5.41) is 9.15. The Morgan fingerprint density at radius 3 is 2.77 bits per heavy atom. The van der Waals surface area contributed by atoms with Gasteiger partial charge in [0, 0.05) is 18.9 Å². The van der Waals surface area contributed by atoms with Crippen LogP contribution in [0.4, 0.5) is 0 Å². The molecule has 6 nitrogen and oxygen atoms in total. The molecule has 1 unspecified atom stereocenters. The van der Waals surface area contributed by atoms with Gasteiger partial charge < -0.3 is 15.0 Å². The molecule has 1 aliphatic rings. The molecule has 1 saturated carbocycles. The first kappa shape index (κ1) is 14.6. The molecular weight excluding hydrogens is 282 g/mol. The van der Waals surface area contributed by atoms with E-state index in [1.807, 2.05) is 24.3 Å². The van der Waals surface area contributed by atoms with Crippen LogP contribution in [0.5, 0.6) is 0 Å². The third kappa shape index (κ3) is 2.95. The highest BCUT2D eigenvalue weighted by molar-refractivity contribution is 5.84. The van der Waals surface area contributed by atoms with Crippen LogP contribution in [0.25, 0.3) is 11.0 Å². The third-order valence-electron chi connectivity index (χ3n) is 4.02. The lowest BCUT2D eigenvalue weighted by Crippen LogP contribution is -2.44. The first-order valence-electron chi connectivity index (χ1n) is 7.54. The van der Waals surface area contributed by atoms with Gasteiger partial charge in [0.05, 0.1) is 11.0 Å². The fourth-order valence-corrected chi connectivity index (χ4v) is 2.69. The first-order chi connectivity index (χ1) is 10.6. The molecule has 0 aliphatic heterocycles. The lowest BCUT2D eigenvalue weighted by atomic mass is 10.2. The number of aromatic nitrogens is 2. The molecule has 0 radical (unpaired) electrons. The van der Waals surface area contributed by atoms with Crippen LogP contribution in [0.2, 0.25) is 0 Å². The number of fused-ring (bicyclic) bond motifs is 1. The molecule has 1 fully saturated rings. The minimum Gasteiger partial charge on any atom is -0.480 e. The Kier molecular flexibility index (Phi) is 3.83. The average Bonchev–Trinajstić information content (AvgIpc) is 3.23. The monoisotopic (exact) mass is 301 g/mol. The molecule has 1 heterocycles. The summed E-state index contributed by atoms with van der Waals surface area (Å²) in [6.45, 7) is 1.57. The van der Waals surface area contributed by atoms with E-state index in [9.17, 15) is 9.59 Å². The second-order valence-electron chi connectivity index (χ2n) is 5.75. The number of carbonyl (C=O) groups excluding carboxylic acids is 1. The Labute approximate surface area is 128 Å². The maximum Gasteiger partial charge on any atom is 0.326 e. The molecule has 6 heteroatoms. The van der Waals surface area contributed by atoms with Gasteiger partial charge in [0.2, 0.25) is 5.91 Å². The van der Waals surface area contributed by atoms with Crippen molar-refractivity contribution in [1.82, 2.24) is 14.9 Å². The molecule has 2 N–H and O–H groups in total. The van der Waals surface area contributed by atoms with Crippen LogP contribution in [0, 0.1) is 0 Å². The molecule has 0 spiro atoms. The van der Waals surface area contributed by atoms with Crippen molar-refractivity contribution >= 4 is 22.9 Å². The van der Waals surface area contributed by atoms with Crippen LogP contribution >= 0.6 is 0 Å². The maximum atomic E-state index is 12.4. The summed E-state index contributed by atoms with van der Waals surface area (Å²) >= 11 is 0.